The smallest absolute Gasteiger partial charge is 0.338 e. The molecule has 2 aromatic rings. The van der Waals surface area contributed by atoms with Gasteiger partial charge in [-0.05, 0) is 59.5 Å². The Morgan fingerprint density at radius 1 is 0.643 bits per heavy atom. The molecule has 4 rings (SSSR count). The third-order valence-electron chi connectivity index (χ3n) is 10.3. The van der Waals surface area contributed by atoms with Gasteiger partial charge in [-0.15, -0.1) is 0 Å². The third kappa shape index (κ3) is 7.08. The fourth-order valence-corrected chi connectivity index (χ4v) is 7.43. The van der Waals surface area contributed by atoms with E-state index in [1.165, 1.54) is 0 Å². The first kappa shape index (κ1) is 32.2. The number of esters is 2. The van der Waals surface area contributed by atoms with Crippen LogP contribution < -0.4 is 0 Å². The highest BCUT2D eigenvalue weighted by molar-refractivity contribution is 5.85. The molecular weight excluding hydrogens is 528 g/mol. The van der Waals surface area contributed by atoms with Crippen LogP contribution in [0, 0.1) is 23.7 Å². The van der Waals surface area contributed by atoms with E-state index in [1.54, 1.807) is 0 Å². The molecule has 2 aromatic carbocycles. The first-order valence-electron chi connectivity index (χ1n) is 15.7. The molecule has 0 heterocycles. The highest BCUT2D eigenvalue weighted by Gasteiger charge is 2.46. The van der Waals surface area contributed by atoms with Crippen LogP contribution >= 0.6 is 0 Å². The average molecular weight is 579 g/mol. The van der Waals surface area contributed by atoms with Crippen molar-refractivity contribution in [1.82, 2.24) is 0 Å². The molecule has 2 aliphatic rings. The monoisotopic (exact) mass is 578 g/mol. The molecule has 0 saturated heterocycles. The first-order valence-corrected chi connectivity index (χ1v) is 15.7. The largest absolute Gasteiger partial charge is 0.460 e. The quantitative estimate of drug-likeness (QED) is 0.337. The maximum absolute atomic E-state index is 13.2. The molecule has 2 aliphatic carbocycles. The van der Waals surface area contributed by atoms with Crippen molar-refractivity contribution in [2.24, 2.45) is 23.7 Å². The van der Waals surface area contributed by atoms with Crippen LogP contribution in [-0.4, -0.2) is 46.6 Å². The van der Waals surface area contributed by atoms with Gasteiger partial charge in [0, 0.05) is 11.8 Å². The standard InChI is InChI=1S/C36H50O6/c1-23-17-19-27(35(3,4)25-13-9-7-10-14-25)29(21-23)41-33(39)31(37)32(38)34(40)42-30-22-24(2)18-20-28(30)36(5,6)26-15-11-8-12-16-26/h7-16,23-24,27-32,37-38H,17-22H2,1-6H3/t23-,24-,27-,28-,29-,30-,31+,32+/m1/s1. The van der Waals surface area contributed by atoms with Crippen LogP contribution in [0.4, 0.5) is 0 Å². The van der Waals surface area contributed by atoms with Gasteiger partial charge in [0.2, 0.25) is 0 Å². The minimum absolute atomic E-state index is 0.0287. The maximum atomic E-state index is 13.2. The van der Waals surface area contributed by atoms with E-state index in [0.29, 0.717) is 24.7 Å². The van der Waals surface area contributed by atoms with Crippen LogP contribution in [0.15, 0.2) is 60.7 Å². The Morgan fingerprint density at radius 2 is 0.976 bits per heavy atom. The van der Waals surface area contributed by atoms with Gasteiger partial charge in [-0.3, -0.25) is 0 Å². The number of hydrogen-bond donors (Lipinski definition) is 2. The van der Waals surface area contributed by atoms with E-state index >= 15 is 0 Å². The minimum atomic E-state index is -2.02. The summed E-state index contributed by atoms with van der Waals surface area (Å²) in [4.78, 5) is 26.4. The molecule has 0 unspecified atom stereocenters. The van der Waals surface area contributed by atoms with Gasteiger partial charge >= 0.3 is 11.9 Å². The normalized spacial score (nSPS) is 28.4. The van der Waals surface area contributed by atoms with E-state index in [2.05, 4.69) is 65.8 Å². The van der Waals surface area contributed by atoms with Crippen molar-refractivity contribution in [1.29, 1.82) is 0 Å². The lowest BCUT2D eigenvalue weighted by Gasteiger charge is -2.44. The molecule has 0 aromatic heterocycles. The molecule has 2 fully saturated rings. The van der Waals surface area contributed by atoms with Gasteiger partial charge in [0.25, 0.3) is 0 Å². The summed E-state index contributed by atoms with van der Waals surface area (Å²) in [6.45, 7) is 12.9. The Kier molecular flexibility index (Phi) is 10.2. The number of ether oxygens (including phenoxy) is 2. The SMILES string of the molecule is C[C@@H]1CC[C@@H](C(C)(C)c2ccccc2)[C@H](OC(=O)[C@@H](O)[C@H](O)C(=O)O[C@@H]2C[C@H](C)CC[C@H]2C(C)(C)c2ccccc2)C1. The summed E-state index contributed by atoms with van der Waals surface area (Å²) in [7, 11) is 0. The molecule has 2 saturated carbocycles. The predicted octanol–water partition coefficient (Wildman–Crippen LogP) is 6.36. The van der Waals surface area contributed by atoms with Gasteiger partial charge in [0.15, 0.2) is 12.2 Å². The lowest BCUT2D eigenvalue weighted by molar-refractivity contribution is -0.186. The van der Waals surface area contributed by atoms with Crippen molar-refractivity contribution in [2.45, 2.75) is 115 Å². The summed E-state index contributed by atoms with van der Waals surface area (Å²) in [5.41, 5.74) is 1.77. The minimum Gasteiger partial charge on any atom is -0.460 e. The molecule has 0 spiro atoms. The molecule has 8 atom stereocenters. The summed E-state index contributed by atoms with van der Waals surface area (Å²) in [5.74, 6) is -1.19. The fraction of sp³-hybridized carbons (Fsp3) is 0.611. The topological polar surface area (TPSA) is 93.1 Å². The zero-order valence-corrected chi connectivity index (χ0v) is 26.2. The molecule has 0 aliphatic heterocycles. The Balaban J connectivity index is 1.44. The van der Waals surface area contributed by atoms with Gasteiger partial charge in [-0.1, -0.05) is 115 Å². The van der Waals surface area contributed by atoms with E-state index in [4.69, 9.17) is 9.47 Å². The molecule has 0 amide bonds. The molecule has 0 radical (unpaired) electrons. The lowest BCUT2D eigenvalue weighted by atomic mass is 9.64. The Labute approximate surface area is 251 Å². The summed E-state index contributed by atoms with van der Waals surface area (Å²) >= 11 is 0. The van der Waals surface area contributed by atoms with Crippen molar-refractivity contribution in [3.05, 3.63) is 71.8 Å². The summed E-state index contributed by atoms with van der Waals surface area (Å²) < 4.78 is 11.8. The number of hydrogen-bond acceptors (Lipinski definition) is 6. The summed E-state index contributed by atoms with van der Waals surface area (Å²) in [6.07, 6.45) is 0.203. The van der Waals surface area contributed by atoms with Crippen LogP contribution in [0.25, 0.3) is 0 Å². The molecule has 0 bridgehead atoms. The van der Waals surface area contributed by atoms with Crippen molar-refractivity contribution >= 4 is 11.9 Å². The van der Waals surface area contributed by atoms with Crippen LogP contribution in [-0.2, 0) is 29.9 Å². The van der Waals surface area contributed by atoms with Gasteiger partial charge < -0.3 is 19.7 Å². The van der Waals surface area contributed by atoms with Crippen molar-refractivity contribution in [2.75, 3.05) is 0 Å². The van der Waals surface area contributed by atoms with E-state index in [9.17, 15) is 19.8 Å². The van der Waals surface area contributed by atoms with Crippen LogP contribution in [0.3, 0.4) is 0 Å². The molecule has 6 heteroatoms. The van der Waals surface area contributed by atoms with Crippen molar-refractivity contribution < 1.29 is 29.3 Å². The third-order valence-corrected chi connectivity index (χ3v) is 10.3. The maximum Gasteiger partial charge on any atom is 0.338 e. The van der Waals surface area contributed by atoms with Gasteiger partial charge in [-0.25, -0.2) is 9.59 Å². The lowest BCUT2D eigenvalue weighted by Crippen LogP contribution is -2.49. The van der Waals surface area contributed by atoms with Gasteiger partial charge in [0.1, 0.15) is 12.2 Å². The Hall–Kier alpha value is -2.70. The second kappa shape index (κ2) is 13.3. The molecule has 230 valence electrons. The number of rotatable bonds is 9. The molecular formula is C36H50O6. The zero-order valence-electron chi connectivity index (χ0n) is 26.2. The van der Waals surface area contributed by atoms with Gasteiger partial charge in [-0.2, -0.15) is 0 Å². The number of aliphatic hydroxyl groups is 2. The van der Waals surface area contributed by atoms with Crippen LogP contribution in [0.5, 0.6) is 0 Å². The molecule has 6 nitrogen and oxygen atoms in total. The number of carbonyl (C=O) groups excluding carboxylic acids is 2. The Morgan fingerprint density at radius 3 is 1.31 bits per heavy atom. The van der Waals surface area contributed by atoms with E-state index < -0.39 is 36.4 Å². The summed E-state index contributed by atoms with van der Waals surface area (Å²) in [5, 5.41) is 21.6. The van der Waals surface area contributed by atoms with E-state index in [1.807, 2.05) is 36.4 Å². The van der Waals surface area contributed by atoms with Crippen LogP contribution in [0.1, 0.15) is 91.2 Å². The predicted molar refractivity (Wildman–Crippen MR) is 164 cm³/mol. The van der Waals surface area contributed by atoms with Crippen molar-refractivity contribution in [3.63, 3.8) is 0 Å². The second-order valence-electron chi connectivity index (χ2n) is 14.1. The summed E-state index contributed by atoms with van der Waals surface area (Å²) in [6, 6.07) is 20.3. The fourth-order valence-electron chi connectivity index (χ4n) is 7.43. The number of benzene rings is 2. The van der Waals surface area contributed by atoms with Crippen molar-refractivity contribution in [3.8, 4) is 0 Å². The number of carbonyl (C=O) groups is 2. The first-order chi connectivity index (χ1) is 19.8. The molecule has 42 heavy (non-hydrogen) atoms. The number of aliphatic hydroxyl groups excluding tert-OH is 2. The highest BCUT2D eigenvalue weighted by atomic mass is 16.6. The average Bonchev–Trinajstić information content (AvgIpc) is 2.97. The van der Waals surface area contributed by atoms with E-state index in [0.717, 1.165) is 36.8 Å². The molecule has 2 N–H and O–H groups in total. The Bertz CT molecular complexity index is 1080. The van der Waals surface area contributed by atoms with E-state index in [-0.39, 0.29) is 22.7 Å². The zero-order chi connectivity index (χ0) is 30.7. The second-order valence-corrected chi connectivity index (χ2v) is 14.1. The van der Waals surface area contributed by atoms with Gasteiger partial charge in [0.05, 0.1) is 0 Å². The van der Waals surface area contributed by atoms with Crippen LogP contribution in [0.2, 0.25) is 0 Å². The highest BCUT2D eigenvalue weighted by Crippen LogP contribution is 2.45.